The van der Waals surface area contributed by atoms with Crippen molar-refractivity contribution >= 4 is 35.0 Å². The first-order valence-electron chi connectivity index (χ1n) is 8.90. The van der Waals surface area contributed by atoms with E-state index in [1.54, 1.807) is 24.3 Å². The highest BCUT2D eigenvalue weighted by molar-refractivity contribution is 6.30. The van der Waals surface area contributed by atoms with Crippen molar-refractivity contribution in [3.63, 3.8) is 0 Å². The zero-order valence-corrected chi connectivity index (χ0v) is 15.9. The molecule has 0 radical (unpaired) electrons. The largest absolute Gasteiger partial charge is 0.457 e. The minimum absolute atomic E-state index is 0.0143. The number of ether oxygens (including phenoxy) is 1. The summed E-state index contributed by atoms with van der Waals surface area (Å²) in [7, 11) is 0. The Hall–Kier alpha value is -2.99. The minimum atomic E-state index is -0.595. The van der Waals surface area contributed by atoms with Gasteiger partial charge in [-0.05, 0) is 29.8 Å². The number of benzene rings is 2. The van der Waals surface area contributed by atoms with E-state index < -0.39 is 5.97 Å². The lowest BCUT2D eigenvalue weighted by Crippen LogP contribution is -2.24. The van der Waals surface area contributed by atoms with Gasteiger partial charge in [0, 0.05) is 23.4 Å². The third-order valence-corrected chi connectivity index (χ3v) is 4.52. The first kappa shape index (κ1) is 19.8. The highest BCUT2D eigenvalue weighted by Crippen LogP contribution is 2.15. The molecule has 1 heterocycles. The van der Waals surface area contributed by atoms with Crippen LogP contribution >= 0.6 is 11.6 Å². The van der Waals surface area contributed by atoms with E-state index in [1.165, 1.54) is 5.01 Å². The van der Waals surface area contributed by atoms with E-state index in [2.05, 4.69) is 5.10 Å². The molecule has 0 aromatic heterocycles. The van der Waals surface area contributed by atoms with Gasteiger partial charge >= 0.3 is 5.97 Å². The van der Waals surface area contributed by atoms with Crippen LogP contribution in [0.3, 0.4) is 0 Å². The van der Waals surface area contributed by atoms with Gasteiger partial charge in [0.1, 0.15) is 0 Å². The number of ketones is 1. The summed E-state index contributed by atoms with van der Waals surface area (Å²) in [4.78, 5) is 36.1. The van der Waals surface area contributed by atoms with E-state index in [9.17, 15) is 14.4 Å². The van der Waals surface area contributed by atoms with Crippen LogP contribution in [0.2, 0.25) is 5.02 Å². The van der Waals surface area contributed by atoms with Crippen molar-refractivity contribution in [2.75, 3.05) is 13.2 Å². The molecule has 144 valence electrons. The van der Waals surface area contributed by atoms with Crippen LogP contribution in [-0.4, -0.2) is 41.5 Å². The number of hydrogen-bond acceptors (Lipinski definition) is 5. The van der Waals surface area contributed by atoms with Crippen molar-refractivity contribution in [1.29, 1.82) is 0 Å². The zero-order valence-electron chi connectivity index (χ0n) is 15.1. The maximum absolute atomic E-state index is 12.2. The fourth-order valence-electron chi connectivity index (χ4n) is 2.75. The van der Waals surface area contributed by atoms with E-state index in [4.69, 9.17) is 16.3 Å². The van der Waals surface area contributed by atoms with E-state index in [1.807, 2.05) is 30.3 Å². The van der Waals surface area contributed by atoms with E-state index in [0.717, 1.165) is 11.3 Å². The third-order valence-electron chi connectivity index (χ3n) is 4.27. The van der Waals surface area contributed by atoms with Crippen LogP contribution in [0.1, 0.15) is 35.2 Å². The van der Waals surface area contributed by atoms with E-state index in [0.29, 0.717) is 23.6 Å². The molecule has 0 unspecified atom stereocenters. The third kappa shape index (κ3) is 5.27. The molecule has 28 heavy (non-hydrogen) atoms. The van der Waals surface area contributed by atoms with Crippen molar-refractivity contribution in [2.24, 2.45) is 5.10 Å². The zero-order chi connectivity index (χ0) is 19.9. The molecule has 6 nitrogen and oxygen atoms in total. The van der Waals surface area contributed by atoms with Crippen LogP contribution in [0.5, 0.6) is 0 Å². The molecule has 0 saturated heterocycles. The molecule has 0 N–H and O–H groups in total. The Balaban J connectivity index is 1.43. The van der Waals surface area contributed by atoms with Gasteiger partial charge in [0.05, 0.1) is 18.7 Å². The highest BCUT2D eigenvalue weighted by atomic mass is 35.5. The molecule has 7 heteroatoms. The average molecular weight is 399 g/mol. The lowest BCUT2D eigenvalue weighted by molar-refractivity contribution is -0.145. The molecule has 1 amide bonds. The van der Waals surface area contributed by atoms with Gasteiger partial charge in [-0.2, -0.15) is 5.10 Å². The minimum Gasteiger partial charge on any atom is -0.457 e. The van der Waals surface area contributed by atoms with Gasteiger partial charge in [-0.25, -0.2) is 5.01 Å². The van der Waals surface area contributed by atoms with Crippen molar-refractivity contribution in [3.8, 4) is 0 Å². The smallest absolute Gasteiger partial charge is 0.306 e. The van der Waals surface area contributed by atoms with Gasteiger partial charge in [0.25, 0.3) is 0 Å². The Morgan fingerprint density at radius 1 is 1.00 bits per heavy atom. The molecule has 3 rings (SSSR count). The number of carbonyl (C=O) groups excluding carboxylic acids is 3. The maximum Gasteiger partial charge on any atom is 0.306 e. The summed E-state index contributed by atoms with van der Waals surface area (Å²) in [5.41, 5.74) is 2.25. The van der Waals surface area contributed by atoms with Crippen LogP contribution in [-0.2, 0) is 14.3 Å². The number of hydrazone groups is 1. The lowest BCUT2D eigenvalue weighted by Gasteiger charge is -2.11. The van der Waals surface area contributed by atoms with Gasteiger partial charge in [-0.3, -0.25) is 14.4 Å². The molecule has 1 aliphatic rings. The Kier molecular flexibility index (Phi) is 6.55. The predicted octanol–water partition coefficient (Wildman–Crippen LogP) is 3.48. The summed E-state index contributed by atoms with van der Waals surface area (Å²) in [5, 5.41) is 6.24. The standard InChI is InChI=1S/C21H19ClN2O4/c22-17-8-6-16(7-9-17)19(25)14-28-21(27)11-10-20(26)24-13-12-18(23-24)15-4-2-1-3-5-15/h1-9H,10-14H2. The number of esters is 1. The van der Waals surface area contributed by atoms with Crippen LogP contribution in [0.15, 0.2) is 59.7 Å². The van der Waals surface area contributed by atoms with Gasteiger partial charge in [-0.15, -0.1) is 0 Å². The van der Waals surface area contributed by atoms with Gasteiger partial charge < -0.3 is 4.74 Å². The van der Waals surface area contributed by atoms with E-state index >= 15 is 0 Å². The van der Waals surface area contributed by atoms with Gasteiger partial charge in [0.15, 0.2) is 12.4 Å². The molecule has 0 saturated carbocycles. The molecule has 2 aromatic carbocycles. The topological polar surface area (TPSA) is 76.0 Å². The second-order valence-electron chi connectivity index (χ2n) is 6.27. The SMILES string of the molecule is O=C(CCC(=O)N1CCC(c2ccccc2)=N1)OCC(=O)c1ccc(Cl)cc1. The molecule has 0 aliphatic carbocycles. The fourth-order valence-corrected chi connectivity index (χ4v) is 2.87. The summed E-state index contributed by atoms with van der Waals surface area (Å²) in [6.45, 7) is 0.127. The van der Waals surface area contributed by atoms with Crippen LogP contribution in [0, 0.1) is 0 Å². The molecule has 0 spiro atoms. The van der Waals surface area contributed by atoms with Crippen molar-refractivity contribution < 1.29 is 19.1 Å². The van der Waals surface area contributed by atoms with E-state index in [-0.39, 0.29) is 31.1 Å². The van der Waals surface area contributed by atoms with Gasteiger partial charge in [0.2, 0.25) is 5.91 Å². The van der Waals surface area contributed by atoms with Crippen molar-refractivity contribution in [1.82, 2.24) is 5.01 Å². The number of Topliss-reactive ketones (excluding diaryl/α,β-unsaturated/α-hetero) is 1. The normalized spacial score (nSPS) is 13.2. The Morgan fingerprint density at radius 2 is 1.71 bits per heavy atom. The first-order chi connectivity index (χ1) is 13.5. The van der Waals surface area contributed by atoms with Crippen molar-refractivity contribution in [2.45, 2.75) is 19.3 Å². The molecule has 0 fully saturated rings. The fraction of sp³-hybridized carbons (Fsp3) is 0.238. The second kappa shape index (κ2) is 9.28. The second-order valence-corrected chi connectivity index (χ2v) is 6.71. The molecule has 1 aliphatic heterocycles. The monoisotopic (exact) mass is 398 g/mol. The molecule has 2 aromatic rings. The Bertz CT molecular complexity index is 894. The number of rotatable bonds is 7. The highest BCUT2D eigenvalue weighted by Gasteiger charge is 2.22. The van der Waals surface area contributed by atoms with Crippen LogP contribution in [0.4, 0.5) is 0 Å². The number of hydrogen-bond donors (Lipinski definition) is 0. The summed E-state index contributed by atoms with van der Waals surface area (Å²) in [6.07, 6.45) is 0.564. The lowest BCUT2D eigenvalue weighted by atomic mass is 10.1. The number of carbonyl (C=O) groups is 3. The summed E-state index contributed by atoms with van der Waals surface area (Å²) in [5.74, 6) is -1.16. The number of halogens is 1. The van der Waals surface area contributed by atoms with Crippen molar-refractivity contribution in [3.05, 3.63) is 70.7 Å². The Morgan fingerprint density at radius 3 is 2.43 bits per heavy atom. The van der Waals surface area contributed by atoms with Crippen LogP contribution < -0.4 is 0 Å². The summed E-state index contributed by atoms with van der Waals surface area (Å²) < 4.78 is 4.96. The quantitative estimate of drug-likeness (QED) is 0.528. The molecule has 0 atom stereocenters. The summed E-state index contributed by atoms with van der Waals surface area (Å²) >= 11 is 5.77. The molecule has 0 bridgehead atoms. The maximum atomic E-state index is 12.2. The molecular weight excluding hydrogens is 380 g/mol. The average Bonchev–Trinajstić information content (AvgIpc) is 3.22. The number of nitrogens with zero attached hydrogens (tertiary/aromatic N) is 2. The van der Waals surface area contributed by atoms with Crippen LogP contribution in [0.25, 0.3) is 0 Å². The summed E-state index contributed by atoms with van der Waals surface area (Å²) in [6, 6.07) is 16.0. The van der Waals surface area contributed by atoms with Gasteiger partial charge in [-0.1, -0.05) is 41.9 Å². The number of amides is 1. The first-order valence-corrected chi connectivity index (χ1v) is 9.28. The Labute approximate surface area is 167 Å². The predicted molar refractivity (Wildman–Crippen MR) is 105 cm³/mol. The molecular formula is C21H19ClN2O4.